The first kappa shape index (κ1) is 16.4. The van der Waals surface area contributed by atoms with Crippen LogP contribution in [0, 0.1) is 5.41 Å². The fraction of sp³-hybridized carbons (Fsp3) is 0.727. The molecule has 7 nitrogen and oxygen atoms in total. The van der Waals surface area contributed by atoms with Crippen molar-refractivity contribution in [3.05, 3.63) is 0 Å². The van der Waals surface area contributed by atoms with E-state index in [9.17, 15) is 9.59 Å². The van der Waals surface area contributed by atoms with Gasteiger partial charge in [-0.3, -0.25) is 4.79 Å². The highest BCUT2D eigenvalue weighted by atomic mass is 16.6. The minimum absolute atomic E-state index is 0.0157. The molecule has 0 fully saturated rings. The first-order valence-electron chi connectivity index (χ1n) is 5.74. The van der Waals surface area contributed by atoms with E-state index in [0.29, 0.717) is 13.2 Å². The second kappa shape index (κ2) is 10.5. The van der Waals surface area contributed by atoms with Crippen molar-refractivity contribution in [1.29, 1.82) is 5.41 Å². The predicted molar refractivity (Wildman–Crippen MR) is 64.8 cm³/mol. The molecule has 7 heteroatoms. The van der Waals surface area contributed by atoms with E-state index < -0.39 is 12.1 Å². The van der Waals surface area contributed by atoms with Crippen LogP contribution < -0.4 is 5.32 Å². The van der Waals surface area contributed by atoms with Gasteiger partial charge in [0.2, 0.25) is 0 Å². The van der Waals surface area contributed by atoms with E-state index in [4.69, 9.17) is 14.9 Å². The Morgan fingerprint density at radius 1 is 1.17 bits per heavy atom. The van der Waals surface area contributed by atoms with Gasteiger partial charge >= 0.3 is 12.1 Å². The fourth-order valence-corrected chi connectivity index (χ4v) is 0.962. The molecule has 0 aliphatic heterocycles. The Kier molecular flexibility index (Phi) is 9.57. The van der Waals surface area contributed by atoms with Gasteiger partial charge in [0.25, 0.3) is 0 Å². The van der Waals surface area contributed by atoms with Gasteiger partial charge in [0.1, 0.15) is 13.2 Å². The van der Waals surface area contributed by atoms with Crippen LogP contribution in [0.25, 0.3) is 0 Å². The van der Waals surface area contributed by atoms with Gasteiger partial charge in [-0.05, 0) is 6.42 Å². The van der Waals surface area contributed by atoms with Gasteiger partial charge in [-0.15, -0.1) is 0 Å². The predicted octanol–water partition coefficient (Wildman–Crippen LogP) is 0.722. The molecule has 0 aromatic carbocycles. The molecular weight excluding hydrogens is 240 g/mol. The van der Waals surface area contributed by atoms with E-state index in [2.05, 4.69) is 10.1 Å². The van der Waals surface area contributed by atoms with Crippen molar-refractivity contribution in [2.45, 2.75) is 19.8 Å². The summed E-state index contributed by atoms with van der Waals surface area (Å²) in [7, 11) is 1.41. The van der Waals surface area contributed by atoms with E-state index in [0.717, 1.165) is 6.42 Å². The molecule has 0 radical (unpaired) electrons. The van der Waals surface area contributed by atoms with Crippen molar-refractivity contribution in [3.63, 3.8) is 0 Å². The summed E-state index contributed by atoms with van der Waals surface area (Å²) in [6, 6.07) is 0. The molecule has 0 bridgehead atoms. The molecule has 1 amide bonds. The Morgan fingerprint density at radius 3 is 2.50 bits per heavy atom. The Bertz CT molecular complexity index is 281. The summed E-state index contributed by atoms with van der Waals surface area (Å²) in [6.45, 7) is 2.91. The molecule has 0 unspecified atom stereocenters. The van der Waals surface area contributed by atoms with Gasteiger partial charge in [-0.1, -0.05) is 6.92 Å². The highest BCUT2D eigenvalue weighted by Gasteiger charge is 2.09. The van der Waals surface area contributed by atoms with Crippen LogP contribution in [-0.2, 0) is 19.0 Å². The second-order valence-corrected chi connectivity index (χ2v) is 3.44. The minimum atomic E-state index is -0.638. The molecule has 0 aromatic rings. The number of nitrogens with one attached hydrogen (secondary N) is 2. The maximum Gasteiger partial charge on any atom is 0.407 e. The van der Waals surface area contributed by atoms with Crippen molar-refractivity contribution < 1.29 is 23.8 Å². The van der Waals surface area contributed by atoms with Crippen LogP contribution in [0.2, 0.25) is 0 Å². The largest absolute Gasteiger partial charge is 0.463 e. The summed E-state index contributed by atoms with van der Waals surface area (Å²) in [5, 5.41) is 9.63. The zero-order valence-electron chi connectivity index (χ0n) is 10.8. The lowest BCUT2D eigenvalue weighted by Gasteiger charge is -2.07. The summed E-state index contributed by atoms with van der Waals surface area (Å²) in [6.07, 6.45) is 0.0845. The number of amides is 1. The number of hydrogen-bond acceptors (Lipinski definition) is 6. The van der Waals surface area contributed by atoms with Crippen LogP contribution in [0.15, 0.2) is 0 Å². The fourth-order valence-electron chi connectivity index (χ4n) is 0.962. The van der Waals surface area contributed by atoms with E-state index in [1.165, 1.54) is 7.05 Å². The molecule has 0 atom stereocenters. The topological polar surface area (TPSA) is 97.7 Å². The maximum absolute atomic E-state index is 11.2. The molecule has 0 rings (SSSR count). The summed E-state index contributed by atoms with van der Waals surface area (Å²) in [5.41, 5.74) is -0.0157. The Morgan fingerprint density at radius 2 is 1.89 bits per heavy atom. The molecule has 0 heterocycles. The lowest BCUT2D eigenvalue weighted by atomic mass is 10.3. The lowest BCUT2D eigenvalue weighted by molar-refractivity contribution is -0.143. The van der Waals surface area contributed by atoms with Gasteiger partial charge in [0, 0.05) is 13.7 Å². The van der Waals surface area contributed by atoms with Crippen molar-refractivity contribution >= 4 is 17.8 Å². The molecular formula is C11H20N2O5. The number of esters is 1. The van der Waals surface area contributed by atoms with Crippen molar-refractivity contribution in [2.24, 2.45) is 0 Å². The monoisotopic (exact) mass is 260 g/mol. The standard InChI is InChI=1S/C11H20N2O5/c1-3-4-16-5-6-17-10(14)7-9(12)8-18-11(15)13-2/h12H,3-8H2,1-2H3,(H,13,15). The number of alkyl carbamates (subject to hydrolysis) is 1. The Balaban J connectivity index is 3.55. The SMILES string of the molecule is CCCOCCOC(=O)CC(=N)COC(=O)NC. The van der Waals surface area contributed by atoms with Crippen LogP contribution in [0.4, 0.5) is 4.79 Å². The second-order valence-electron chi connectivity index (χ2n) is 3.44. The summed E-state index contributed by atoms with van der Waals surface area (Å²) in [4.78, 5) is 21.9. The highest BCUT2D eigenvalue weighted by Crippen LogP contribution is 1.92. The molecule has 0 saturated carbocycles. The normalized spacial score (nSPS) is 9.67. The van der Waals surface area contributed by atoms with Crippen LogP contribution in [0.1, 0.15) is 19.8 Å². The minimum Gasteiger partial charge on any atom is -0.463 e. The number of carbonyl (C=O) groups is 2. The smallest absolute Gasteiger partial charge is 0.407 e. The van der Waals surface area contributed by atoms with Gasteiger partial charge in [-0.25, -0.2) is 4.79 Å². The van der Waals surface area contributed by atoms with Crippen LogP contribution in [0.3, 0.4) is 0 Å². The summed E-state index contributed by atoms with van der Waals surface area (Å²) < 4.78 is 14.6. The molecule has 0 saturated heterocycles. The van der Waals surface area contributed by atoms with Crippen LogP contribution in [0.5, 0.6) is 0 Å². The molecule has 0 aliphatic rings. The molecule has 104 valence electrons. The van der Waals surface area contributed by atoms with Gasteiger partial charge < -0.3 is 24.9 Å². The first-order valence-corrected chi connectivity index (χ1v) is 5.74. The van der Waals surface area contributed by atoms with Gasteiger partial charge in [-0.2, -0.15) is 0 Å². The van der Waals surface area contributed by atoms with Crippen LogP contribution >= 0.6 is 0 Å². The van der Waals surface area contributed by atoms with Gasteiger partial charge in [0.05, 0.1) is 18.7 Å². The molecule has 18 heavy (non-hydrogen) atoms. The summed E-state index contributed by atoms with van der Waals surface area (Å²) in [5.74, 6) is -0.527. The lowest BCUT2D eigenvalue weighted by Crippen LogP contribution is -2.24. The van der Waals surface area contributed by atoms with Crippen molar-refractivity contribution in [2.75, 3.05) is 33.5 Å². The third kappa shape index (κ3) is 9.59. The van der Waals surface area contributed by atoms with E-state index in [-0.39, 0.29) is 25.3 Å². The third-order valence-corrected chi connectivity index (χ3v) is 1.78. The van der Waals surface area contributed by atoms with Crippen molar-refractivity contribution in [1.82, 2.24) is 5.32 Å². The quantitative estimate of drug-likeness (QED) is 0.361. The number of ether oxygens (including phenoxy) is 3. The van der Waals surface area contributed by atoms with E-state index in [1.807, 2.05) is 6.92 Å². The van der Waals surface area contributed by atoms with E-state index >= 15 is 0 Å². The number of rotatable bonds is 9. The van der Waals surface area contributed by atoms with Crippen molar-refractivity contribution in [3.8, 4) is 0 Å². The molecule has 0 spiro atoms. The Hall–Kier alpha value is -1.63. The molecule has 0 aliphatic carbocycles. The van der Waals surface area contributed by atoms with Crippen LogP contribution in [-0.4, -0.2) is 51.2 Å². The first-order chi connectivity index (χ1) is 8.60. The highest BCUT2D eigenvalue weighted by molar-refractivity contribution is 5.98. The average molecular weight is 260 g/mol. The zero-order chi connectivity index (χ0) is 13.8. The molecule has 2 N–H and O–H groups in total. The Labute approximate surface area is 106 Å². The van der Waals surface area contributed by atoms with Gasteiger partial charge in [0.15, 0.2) is 0 Å². The zero-order valence-corrected chi connectivity index (χ0v) is 10.8. The average Bonchev–Trinajstić information content (AvgIpc) is 2.35. The number of carbonyl (C=O) groups excluding carboxylic acids is 2. The third-order valence-electron chi connectivity index (χ3n) is 1.78. The maximum atomic E-state index is 11.2. The number of hydrogen-bond donors (Lipinski definition) is 2. The molecule has 0 aromatic heterocycles. The van der Waals surface area contributed by atoms with E-state index in [1.54, 1.807) is 0 Å². The summed E-state index contributed by atoms with van der Waals surface area (Å²) >= 11 is 0.